The topological polar surface area (TPSA) is 27.7 Å². The molecule has 0 saturated carbocycles. The van der Waals surface area contributed by atoms with Crippen molar-refractivity contribution >= 4 is 78.2 Å². The average Bonchev–Trinajstić information content (AvgIpc) is 2.27. The number of rotatable bonds is 9. The molecule has 0 rings (SSSR count). The third-order valence-electron chi connectivity index (χ3n) is 1.51. The average molecular weight is 415 g/mol. The summed E-state index contributed by atoms with van der Waals surface area (Å²) in [5.41, 5.74) is 0. The molecule has 0 aliphatic carbocycles. The number of hydrogen-bond acceptors (Lipinski definition) is 3. The molecule has 0 aromatic rings. The van der Waals surface area contributed by atoms with Gasteiger partial charge in [0.25, 0.3) is 0 Å². The maximum absolute atomic E-state index is 6.01. The molecule has 116 valence electrons. The lowest BCUT2D eigenvalue weighted by atomic mass is 10.5. The van der Waals surface area contributed by atoms with E-state index in [-0.39, 0.29) is 17.6 Å². The van der Waals surface area contributed by atoms with E-state index in [9.17, 15) is 0 Å². The number of hydrogen-bond donors (Lipinski definition) is 0. The van der Waals surface area contributed by atoms with Crippen LogP contribution in [-0.4, -0.2) is 32.8 Å². The summed E-state index contributed by atoms with van der Waals surface area (Å²) in [4.78, 5) is 0. The van der Waals surface area contributed by atoms with E-state index >= 15 is 0 Å². The molecule has 19 heavy (non-hydrogen) atoms. The molecule has 3 nitrogen and oxygen atoms in total. The first-order valence-electron chi connectivity index (χ1n) is 5.09. The molecule has 0 aromatic carbocycles. The zero-order valence-electron chi connectivity index (χ0n) is 10.6. The van der Waals surface area contributed by atoms with E-state index in [2.05, 4.69) is 0 Å². The van der Waals surface area contributed by atoms with Gasteiger partial charge in [0, 0.05) is 0 Å². The van der Waals surface area contributed by atoms with Crippen LogP contribution in [0, 0.1) is 0 Å². The second-order valence-corrected chi connectivity index (χ2v) is 8.40. The Morgan fingerprint density at radius 3 is 1.05 bits per heavy atom. The van der Waals surface area contributed by atoms with Gasteiger partial charge >= 0.3 is 8.60 Å². The Hall–Kier alpha value is 2.05. The molecular formula is C9H15Cl6O3P. The van der Waals surface area contributed by atoms with Crippen LogP contribution < -0.4 is 0 Å². The highest BCUT2D eigenvalue weighted by Crippen LogP contribution is 2.53. The van der Waals surface area contributed by atoms with Gasteiger partial charge in [-0.1, -0.05) is 34.8 Å². The second-order valence-electron chi connectivity index (χ2n) is 4.20. The highest BCUT2D eigenvalue weighted by atomic mass is 35.5. The maximum atomic E-state index is 6.01. The molecule has 0 bridgehead atoms. The van der Waals surface area contributed by atoms with E-state index < -0.39 is 23.8 Å². The molecule has 3 unspecified atom stereocenters. The maximum Gasteiger partial charge on any atom is 0.338 e. The lowest BCUT2D eigenvalue weighted by Gasteiger charge is -2.33. The van der Waals surface area contributed by atoms with E-state index in [1.165, 1.54) is 0 Å². The molecule has 0 radical (unpaired) electrons. The standard InChI is InChI=1S/C9H15Cl6O3P/c1-7(13,4-10)16-19(17-8(2,14)5-11)18-9(3,15)6-12/h4-6H2,1-3H3. The highest BCUT2D eigenvalue weighted by molar-refractivity contribution is 7.42. The second kappa shape index (κ2) is 8.62. The summed E-state index contributed by atoms with van der Waals surface area (Å²) >= 11 is 35.0. The van der Waals surface area contributed by atoms with E-state index in [0.29, 0.717) is 0 Å². The number of halogens is 6. The lowest BCUT2D eigenvalue weighted by Crippen LogP contribution is -2.30. The van der Waals surface area contributed by atoms with Gasteiger partial charge in [0.05, 0.1) is 17.6 Å². The first-order valence-corrected chi connectivity index (χ1v) is 8.92. The van der Waals surface area contributed by atoms with Crippen LogP contribution in [0.4, 0.5) is 0 Å². The van der Waals surface area contributed by atoms with Crippen molar-refractivity contribution in [1.82, 2.24) is 0 Å². The van der Waals surface area contributed by atoms with Crippen molar-refractivity contribution in [2.75, 3.05) is 17.6 Å². The van der Waals surface area contributed by atoms with Crippen molar-refractivity contribution in [3.63, 3.8) is 0 Å². The smallest absolute Gasteiger partial charge is 0.288 e. The molecular weight excluding hydrogens is 400 g/mol. The van der Waals surface area contributed by atoms with E-state index in [4.69, 9.17) is 83.2 Å². The van der Waals surface area contributed by atoms with Crippen LogP contribution in [0.2, 0.25) is 0 Å². The van der Waals surface area contributed by atoms with E-state index in [1.807, 2.05) is 0 Å². The van der Waals surface area contributed by atoms with Crippen molar-refractivity contribution in [1.29, 1.82) is 0 Å². The molecule has 0 fully saturated rings. The van der Waals surface area contributed by atoms with Crippen LogP contribution >= 0.6 is 78.2 Å². The Labute approximate surface area is 145 Å². The minimum atomic E-state index is -1.99. The molecule has 0 aromatic heterocycles. The van der Waals surface area contributed by atoms with Crippen molar-refractivity contribution in [3.8, 4) is 0 Å². The first-order chi connectivity index (χ1) is 8.47. The Morgan fingerprint density at radius 1 is 0.684 bits per heavy atom. The zero-order valence-corrected chi connectivity index (χ0v) is 16.0. The van der Waals surface area contributed by atoms with Crippen molar-refractivity contribution in [2.24, 2.45) is 0 Å². The molecule has 0 amide bonds. The van der Waals surface area contributed by atoms with Crippen molar-refractivity contribution in [3.05, 3.63) is 0 Å². The van der Waals surface area contributed by atoms with Gasteiger partial charge in [-0.2, -0.15) is 0 Å². The van der Waals surface area contributed by atoms with Gasteiger partial charge in [-0.15, -0.1) is 34.8 Å². The third kappa shape index (κ3) is 9.63. The van der Waals surface area contributed by atoms with Gasteiger partial charge in [-0.3, -0.25) is 13.6 Å². The fraction of sp³-hybridized carbons (Fsp3) is 1.00. The van der Waals surface area contributed by atoms with Gasteiger partial charge in [0.1, 0.15) is 0 Å². The minimum absolute atomic E-state index is 0.0137. The predicted molar refractivity (Wildman–Crippen MR) is 85.1 cm³/mol. The SMILES string of the molecule is CC(Cl)(CCl)OP(OC(C)(Cl)CCl)OC(C)(Cl)CCl. The van der Waals surface area contributed by atoms with E-state index in [0.717, 1.165) is 0 Å². The monoisotopic (exact) mass is 412 g/mol. The predicted octanol–water partition coefficient (Wildman–Crippen LogP) is 5.84. The highest BCUT2D eigenvalue weighted by Gasteiger charge is 2.38. The van der Waals surface area contributed by atoms with Gasteiger partial charge in [0.2, 0.25) is 0 Å². The van der Waals surface area contributed by atoms with Crippen LogP contribution in [0.1, 0.15) is 20.8 Å². The molecule has 0 aliphatic rings. The summed E-state index contributed by atoms with van der Waals surface area (Å²) in [6.07, 6.45) is 0. The van der Waals surface area contributed by atoms with Crippen LogP contribution in [0.3, 0.4) is 0 Å². The summed E-state index contributed by atoms with van der Waals surface area (Å²) in [5.74, 6) is 0.0412. The molecule has 0 saturated heterocycles. The fourth-order valence-electron chi connectivity index (χ4n) is 0.595. The van der Waals surface area contributed by atoms with Crippen LogP contribution in [-0.2, 0) is 13.6 Å². The molecule has 3 atom stereocenters. The number of alkyl halides is 6. The molecule has 0 spiro atoms. The normalized spacial score (nSPS) is 23.2. The van der Waals surface area contributed by atoms with Crippen LogP contribution in [0.15, 0.2) is 0 Å². The molecule has 0 heterocycles. The van der Waals surface area contributed by atoms with Gasteiger partial charge < -0.3 is 0 Å². The summed E-state index contributed by atoms with van der Waals surface area (Å²) in [6, 6.07) is 0. The first kappa shape index (κ1) is 21.0. The van der Waals surface area contributed by atoms with Crippen molar-refractivity contribution < 1.29 is 13.6 Å². The summed E-state index contributed by atoms with van der Waals surface area (Å²) in [7, 11) is -1.99. The van der Waals surface area contributed by atoms with Gasteiger partial charge in [-0.05, 0) is 20.8 Å². The lowest BCUT2D eigenvalue weighted by molar-refractivity contribution is 0.0599. The molecule has 0 N–H and O–H groups in total. The molecule has 0 aliphatic heterocycles. The van der Waals surface area contributed by atoms with Gasteiger partial charge in [0.15, 0.2) is 15.2 Å². The van der Waals surface area contributed by atoms with Crippen LogP contribution in [0.25, 0.3) is 0 Å². The summed E-state index contributed by atoms with van der Waals surface area (Å²) in [5, 5.41) is -3.57. The Bertz CT molecular complexity index is 234. The van der Waals surface area contributed by atoms with Crippen molar-refractivity contribution in [2.45, 2.75) is 36.0 Å². The Kier molecular flexibility index (Phi) is 9.55. The zero-order chi connectivity index (χ0) is 15.3. The summed E-state index contributed by atoms with van der Waals surface area (Å²) < 4.78 is 16.3. The largest absolute Gasteiger partial charge is 0.338 e. The minimum Gasteiger partial charge on any atom is -0.288 e. The molecule has 10 heteroatoms. The van der Waals surface area contributed by atoms with Gasteiger partial charge in [-0.25, -0.2) is 0 Å². The quantitative estimate of drug-likeness (QED) is 0.350. The summed E-state index contributed by atoms with van der Waals surface area (Å²) in [6.45, 7) is 4.67. The van der Waals surface area contributed by atoms with E-state index in [1.54, 1.807) is 20.8 Å². The Balaban J connectivity index is 4.84. The third-order valence-corrected chi connectivity index (χ3v) is 6.06. The fourth-order valence-corrected chi connectivity index (χ4v) is 2.73. The Morgan fingerprint density at radius 2 is 0.895 bits per heavy atom. The van der Waals surface area contributed by atoms with Crippen LogP contribution in [0.5, 0.6) is 0 Å².